The number of hydrogen-bond acceptors (Lipinski definition) is 9. The second kappa shape index (κ2) is 7.18. The summed E-state index contributed by atoms with van der Waals surface area (Å²) in [5.41, 5.74) is 12.9. The van der Waals surface area contributed by atoms with Gasteiger partial charge in [-0.1, -0.05) is 23.9 Å². The molecule has 8 nitrogen and oxygen atoms in total. The third kappa shape index (κ3) is 3.28. The summed E-state index contributed by atoms with van der Waals surface area (Å²) in [7, 11) is 1.22. The van der Waals surface area contributed by atoms with E-state index < -0.39 is 12.1 Å². The summed E-state index contributed by atoms with van der Waals surface area (Å²) in [5.74, 6) is -0.333. The minimum absolute atomic E-state index is 0.232. The zero-order chi connectivity index (χ0) is 18.8. The van der Waals surface area contributed by atoms with E-state index in [1.807, 2.05) is 6.26 Å². The predicted octanol–water partition coefficient (Wildman–Crippen LogP) is 2.91. The molecule has 2 heterocycles. The van der Waals surface area contributed by atoms with Crippen molar-refractivity contribution in [3.63, 3.8) is 0 Å². The molecule has 0 spiro atoms. The summed E-state index contributed by atoms with van der Waals surface area (Å²) in [6, 6.07) is 6.74. The summed E-state index contributed by atoms with van der Waals surface area (Å²) in [6.07, 6.45) is 1.01. The van der Waals surface area contributed by atoms with Crippen molar-refractivity contribution in [1.82, 2.24) is 9.97 Å². The first-order valence-electron chi connectivity index (χ1n) is 7.24. The van der Waals surface area contributed by atoms with Crippen LogP contribution in [0.3, 0.4) is 0 Å². The molecule has 0 aliphatic heterocycles. The number of nitrogens with two attached hydrogens (primary N) is 2. The van der Waals surface area contributed by atoms with Gasteiger partial charge in [0.15, 0.2) is 5.16 Å². The van der Waals surface area contributed by atoms with Crippen LogP contribution in [0.5, 0.6) is 5.75 Å². The normalized spacial score (nSPS) is 10.7. The molecule has 0 aliphatic rings. The molecule has 26 heavy (non-hydrogen) atoms. The number of nitrogens with zero attached hydrogens (tertiary/aromatic N) is 2. The SMILES string of the molecule is COC(=O)Oc1cccc(-c2nc(SC)nc3sc(C(N)=O)c(N)c23)c1. The van der Waals surface area contributed by atoms with Gasteiger partial charge in [-0.25, -0.2) is 14.8 Å². The van der Waals surface area contributed by atoms with Gasteiger partial charge in [0.05, 0.1) is 23.9 Å². The number of thiophene rings is 1. The molecular formula is C16H14N4O4S2. The molecule has 0 radical (unpaired) electrons. The third-order valence-electron chi connectivity index (χ3n) is 3.45. The van der Waals surface area contributed by atoms with Gasteiger partial charge in [0, 0.05) is 5.56 Å². The van der Waals surface area contributed by atoms with Gasteiger partial charge in [-0.2, -0.15) is 0 Å². The number of thioether (sulfide) groups is 1. The fraction of sp³-hybridized carbons (Fsp3) is 0.125. The number of ether oxygens (including phenoxy) is 2. The van der Waals surface area contributed by atoms with Crippen LogP contribution in [0.2, 0.25) is 0 Å². The molecule has 3 rings (SSSR count). The van der Waals surface area contributed by atoms with E-state index in [0.717, 1.165) is 11.3 Å². The highest BCUT2D eigenvalue weighted by Crippen LogP contribution is 2.39. The molecule has 3 aromatic rings. The van der Waals surface area contributed by atoms with E-state index in [1.165, 1.54) is 18.9 Å². The number of amides is 1. The van der Waals surface area contributed by atoms with E-state index in [4.69, 9.17) is 16.2 Å². The highest BCUT2D eigenvalue weighted by molar-refractivity contribution is 7.98. The lowest BCUT2D eigenvalue weighted by molar-refractivity contribution is 0.100. The van der Waals surface area contributed by atoms with Gasteiger partial charge in [0.1, 0.15) is 15.5 Å². The highest BCUT2D eigenvalue weighted by atomic mass is 32.2. The summed E-state index contributed by atoms with van der Waals surface area (Å²) >= 11 is 2.48. The van der Waals surface area contributed by atoms with Crippen molar-refractivity contribution < 1.29 is 19.1 Å². The number of anilines is 1. The number of fused-ring (bicyclic) bond motifs is 1. The first-order chi connectivity index (χ1) is 12.4. The van der Waals surface area contributed by atoms with E-state index in [0.29, 0.717) is 26.6 Å². The second-order valence-electron chi connectivity index (χ2n) is 5.03. The molecule has 0 unspecified atom stereocenters. The number of nitrogen functional groups attached to an aromatic ring is 1. The van der Waals surface area contributed by atoms with Crippen molar-refractivity contribution in [2.75, 3.05) is 19.1 Å². The number of aromatic nitrogens is 2. The lowest BCUT2D eigenvalue weighted by Gasteiger charge is -2.08. The molecule has 0 bridgehead atoms. The van der Waals surface area contributed by atoms with Crippen LogP contribution >= 0.6 is 23.1 Å². The van der Waals surface area contributed by atoms with Crippen LogP contribution < -0.4 is 16.2 Å². The first-order valence-corrected chi connectivity index (χ1v) is 9.28. The highest BCUT2D eigenvalue weighted by Gasteiger charge is 2.21. The smallest absolute Gasteiger partial charge is 0.437 e. The van der Waals surface area contributed by atoms with Crippen LogP contribution in [-0.2, 0) is 4.74 Å². The second-order valence-corrected chi connectivity index (χ2v) is 6.80. The zero-order valence-electron chi connectivity index (χ0n) is 13.8. The molecule has 0 saturated carbocycles. The summed E-state index contributed by atoms with van der Waals surface area (Å²) in [4.78, 5) is 32.7. The Balaban J connectivity index is 2.22. The lowest BCUT2D eigenvalue weighted by Crippen LogP contribution is -2.10. The Kier molecular flexibility index (Phi) is 4.96. The Hall–Kier alpha value is -2.85. The largest absolute Gasteiger partial charge is 0.513 e. The number of benzene rings is 1. The minimum Gasteiger partial charge on any atom is -0.437 e. The average Bonchev–Trinajstić information content (AvgIpc) is 2.98. The molecule has 0 atom stereocenters. The summed E-state index contributed by atoms with van der Waals surface area (Å²) in [6.45, 7) is 0. The molecule has 134 valence electrons. The summed E-state index contributed by atoms with van der Waals surface area (Å²) in [5, 5.41) is 1.06. The fourth-order valence-electron chi connectivity index (χ4n) is 2.33. The van der Waals surface area contributed by atoms with Crippen LogP contribution in [0.25, 0.3) is 21.5 Å². The Morgan fingerprint density at radius 2 is 2.04 bits per heavy atom. The number of hydrogen-bond donors (Lipinski definition) is 2. The molecule has 1 aromatic carbocycles. The third-order valence-corrected chi connectivity index (χ3v) is 5.11. The zero-order valence-corrected chi connectivity index (χ0v) is 15.4. The van der Waals surface area contributed by atoms with E-state index >= 15 is 0 Å². The molecule has 0 aliphatic carbocycles. The van der Waals surface area contributed by atoms with E-state index in [9.17, 15) is 9.59 Å². The first kappa shape index (κ1) is 18.0. The summed E-state index contributed by atoms with van der Waals surface area (Å²) < 4.78 is 9.55. The van der Waals surface area contributed by atoms with Crippen molar-refractivity contribution in [1.29, 1.82) is 0 Å². The van der Waals surface area contributed by atoms with Crippen LogP contribution in [0.15, 0.2) is 29.4 Å². The maximum Gasteiger partial charge on any atom is 0.513 e. The van der Waals surface area contributed by atoms with Crippen molar-refractivity contribution in [2.24, 2.45) is 5.73 Å². The number of rotatable bonds is 4. The average molecular weight is 390 g/mol. The van der Waals surface area contributed by atoms with Gasteiger partial charge in [-0.3, -0.25) is 4.79 Å². The molecule has 0 fully saturated rings. The molecule has 2 aromatic heterocycles. The fourth-order valence-corrected chi connectivity index (χ4v) is 3.70. The van der Waals surface area contributed by atoms with Gasteiger partial charge < -0.3 is 20.9 Å². The maximum absolute atomic E-state index is 11.6. The van der Waals surface area contributed by atoms with Crippen LogP contribution in [0, 0.1) is 0 Å². The van der Waals surface area contributed by atoms with Crippen LogP contribution in [0.4, 0.5) is 10.5 Å². The van der Waals surface area contributed by atoms with Crippen molar-refractivity contribution in [3.8, 4) is 17.0 Å². The molecule has 0 saturated heterocycles. The Morgan fingerprint density at radius 3 is 2.69 bits per heavy atom. The monoisotopic (exact) mass is 390 g/mol. The molecule has 1 amide bonds. The molecule has 4 N–H and O–H groups in total. The number of carbonyl (C=O) groups is 2. The van der Waals surface area contributed by atoms with Gasteiger partial charge >= 0.3 is 6.16 Å². The van der Waals surface area contributed by atoms with Gasteiger partial charge in [-0.05, 0) is 18.4 Å². The van der Waals surface area contributed by atoms with Gasteiger partial charge in [-0.15, -0.1) is 11.3 Å². The van der Waals surface area contributed by atoms with E-state index in [1.54, 1.807) is 24.3 Å². The topological polar surface area (TPSA) is 130 Å². The lowest BCUT2D eigenvalue weighted by atomic mass is 10.1. The predicted molar refractivity (Wildman–Crippen MR) is 101 cm³/mol. The Morgan fingerprint density at radius 1 is 1.27 bits per heavy atom. The van der Waals surface area contributed by atoms with Crippen LogP contribution in [0.1, 0.15) is 9.67 Å². The van der Waals surface area contributed by atoms with Crippen molar-refractivity contribution in [3.05, 3.63) is 29.1 Å². The quantitative estimate of drug-likeness (QED) is 0.301. The van der Waals surface area contributed by atoms with E-state index in [2.05, 4.69) is 14.7 Å². The van der Waals surface area contributed by atoms with Gasteiger partial charge in [0.25, 0.3) is 5.91 Å². The van der Waals surface area contributed by atoms with Crippen LogP contribution in [-0.4, -0.2) is 35.4 Å². The molecule has 10 heteroatoms. The number of methoxy groups -OCH3 is 1. The van der Waals surface area contributed by atoms with Crippen molar-refractivity contribution >= 4 is 51.1 Å². The number of carbonyl (C=O) groups excluding carboxylic acids is 2. The molecular weight excluding hydrogens is 376 g/mol. The number of primary amides is 1. The van der Waals surface area contributed by atoms with E-state index in [-0.39, 0.29) is 16.3 Å². The van der Waals surface area contributed by atoms with Crippen molar-refractivity contribution in [2.45, 2.75) is 5.16 Å². The maximum atomic E-state index is 11.6. The van der Waals surface area contributed by atoms with Gasteiger partial charge in [0.2, 0.25) is 0 Å². The standard InChI is InChI=1S/C16H14N4O4S2/c1-23-16(22)24-8-5-3-4-7(6-8)11-9-10(17)12(13(18)21)26-14(9)20-15(19-11)25-2/h3-6H,17H2,1-2H3,(H2,18,21). The Bertz CT molecular complexity index is 1020. The minimum atomic E-state index is -0.828. The Labute approximate surface area is 156 Å².